The van der Waals surface area contributed by atoms with E-state index in [1.54, 1.807) is 0 Å². The van der Waals surface area contributed by atoms with Crippen LogP contribution in [0, 0.1) is 0 Å². The summed E-state index contributed by atoms with van der Waals surface area (Å²) in [6.45, 7) is 2.12. The van der Waals surface area contributed by atoms with Gasteiger partial charge >= 0.3 is 0 Å². The summed E-state index contributed by atoms with van der Waals surface area (Å²) >= 11 is 0. The molecule has 1 aliphatic rings. The Morgan fingerprint density at radius 3 is 2.83 bits per heavy atom. The van der Waals surface area contributed by atoms with Crippen molar-refractivity contribution in [3.63, 3.8) is 0 Å². The van der Waals surface area contributed by atoms with Gasteiger partial charge in [0.05, 0.1) is 0 Å². The highest BCUT2D eigenvalue weighted by Crippen LogP contribution is 2.24. The van der Waals surface area contributed by atoms with Crippen molar-refractivity contribution in [3.05, 3.63) is 23.0 Å². The standard InChI is InChI=1S/C10H13NO/c1-3-7-6-8-9(11(7)2)4-5-10(8)12/h6H,3-5H2,1-2H3. The lowest BCUT2D eigenvalue weighted by Crippen LogP contribution is -1.98. The normalized spacial score (nSPS) is 15.3. The van der Waals surface area contributed by atoms with E-state index in [0.29, 0.717) is 12.2 Å². The Kier molecular flexibility index (Phi) is 1.56. The zero-order valence-corrected chi connectivity index (χ0v) is 7.55. The molecule has 0 spiro atoms. The number of hydrogen-bond donors (Lipinski definition) is 0. The van der Waals surface area contributed by atoms with E-state index in [-0.39, 0.29) is 0 Å². The number of nitrogens with zero attached hydrogens (tertiary/aromatic N) is 1. The number of hydrogen-bond acceptors (Lipinski definition) is 1. The molecule has 12 heavy (non-hydrogen) atoms. The van der Waals surface area contributed by atoms with Crippen molar-refractivity contribution in [3.8, 4) is 0 Å². The highest BCUT2D eigenvalue weighted by molar-refractivity contribution is 6.00. The first-order valence-electron chi connectivity index (χ1n) is 4.44. The second-order valence-electron chi connectivity index (χ2n) is 3.33. The lowest BCUT2D eigenvalue weighted by molar-refractivity contribution is 0.0994. The Labute approximate surface area is 72.2 Å². The van der Waals surface area contributed by atoms with Crippen molar-refractivity contribution in [2.24, 2.45) is 7.05 Å². The molecule has 0 saturated carbocycles. The predicted molar refractivity (Wildman–Crippen MR) is 47.4 cm³/mol. The minimum Gasteiger partial charge on any atom is -0.351 e. The summed E-state index contributed by atoms with van der Waals surface area (Å²) in [4.78, 5) is 11.3. The Morgan fingerprint density at radius 1 is 1.50 bits per heavy atom. The van der Waals surface area contributed by atoms with Gasteiger partial charge in [0.25, 0.3) is 0 Å². The van der Waals surface area contributed by atoms with E-state index in [4.69, 9.17) is 0 Å². The van der Waals surface area contributed by atoms with Crippen LogP contribution in [0.1, 0.15) is 35.1 Å². The molecule has 0 saturated heterocycles. The molecule has 0 radical (unpaired) electrons. The second kappa shape index (κ2) is 2.47. The highest BCUT2D eigenvalue weighted by atomic mass is 16.1. The van der Waals surface area contributed by atoms with Crippen LogP contribution < -0.4 is 0 Å². The number of aryl methyl sites for hydroxylation is 1. The fourth-order valence-corrected chi connectivity index (χ4v) is 1.95. The molecule has 2 rings (SSSR count). The van der Waals surface area contributed by atoms with Crippen LogP contribution in [-0.2, 0) is 19.9 Å². The van der Waals surface area contributed by atoms with Crippen molar-refractivity contribution in [1.29, 1.82) is 0 Å². The number of carbonyl (C=O) groups excluding carboxylic acids is 1. The van der Waals surface area contributed by atoms with E-state index in [9.17, 15) is 4.79 Å². The maximum absolute atomic E-state index is 11.3. The average Bonchev–Trinajstić information content (AvgIpc) is 2.55. The zero-order chi connectivity index (χ0) is 8.72. The summed E-state index contributed by atoms with van der Waals surface area (Å²) in [5.41, 5.74) is 3.47. The molecular formula is C10H13NO. The van der Waals surface area contributed by atoms with Crippen molar-refractivity contribution in [2.75, 3.05) is 0 Å². The van der Waals surface area contributed by atoms with Gasteiger partial charge in [0.1, 0.15) is 0 Å². The van der Waals surface area contributed by atoms with Gasteiger partial charge in [0, 0.05) is 30.4 Å². The Morgan fingerprint density at radius 2 is 2.25 bits per heavy atom. The van der Waals surface area contributed by atoms with Gasteiger partial charge in [-0.25, -0.2) is 0 Å². The number of Topliss-reactive ketones (excluding diaryl/α,β-unsaturated/α-hetero) is 1. The van der Waals surface area contributed by atoms with Crippen molar-refractivity contribution < 1.29 is 4.79 Å². The smallest absolute Gasteiger partial charge is 0.165 e. The first kappa shape index (κ1) is 7.59. The molecule has 0 N–H and O–H groups in total. The van der Waals surface area contributed by atoms with Gasteiger partial charge in [0.2, 0.25) is 0 Å². The third-order valence-electron chi connectivity index (χ3n) is 2.71. The van der Waals surface area contributed by atoms with Crippen LogP contribution in [0.15, 0.2) is 6.07 Å². The molecular weight excluding hydrogens is 150 g/mol. The first-order valence-corrected chi connectivity index (χ1v) is 4.44. The van der Waals surface area contributed by atoms with Gasteiger partial charge in [-0.15, -0.1) is 0 Å². The summed E-state index contributed by atoms with van der Waals surface area (Å²) < 4.78 is 2.17. The lowest BCUT2D eigenvalue weighted by Gasteiger charge is -2.02. The monoisotopic (exact) mass is 163 g/mol. The van der Waals surface area contributed by atoms with E-state index in [0.717, 1.165) is 18.4 Å². The summed E-state index contributed by atoms with van der Waals surface area (Å²) in [6.07, 6.45) is 2.66. The zero-order valence-electron chi connectivity index (χ0n) is 7.55. The Hall–Kier alpha value is -1.05. The third-order valence-corrected chi connectivity index (χ3v) is 2.71. The van der Waals surface area contributed by atoms with Crippen LogP contribution in [0.25, 0.3) is 0 Å². The molecule has 2 nitrogen and oxygen atoms in total. The largest absolute Gasteiger partial charge is 0.351 e. The molecule has 1 aliphatic carbocycles. The van der Waals surface area contributed by atoms with Crippen LogP contribution >= 0.6 is 0 Å². The predicted octanol–water partition coefficient (Wildman–Crippen LogP) is 1.72. The van der Waals surface area contributed by atoms with Crippen LogP contribution in [-0.4, -0.2) is 10.4 Å². The minimum atomic E-state index is 0.320. The maximum atomic E-state index is 11.3. The van der Waals surface area contributed by atoms with E-state index >= 15 is 0 Å². The van der Waals surface area contributed by atoms with Gasteiger partial charge in [-0.05, 0) is 18.9 Å². The van der Waals surface area contributed by atoms with Crippen molar-refractivity contribution in [2.45, 2.75) is 26.2 Å². The molecule has 0 atom stereocenters. The number of fused-ring (bicyclic) bond motifs is 1. The topological polar surface area (TPSA) is 22.0 Å². The van der Waals surface area contributed by atoms with Gasteiger partial charge in [-0.1, -0.05) is 6.92 Å². The summed E-state index contributed by atoms with van der Waals surface area (Å²) in [5.74, 6) is 0.320. The Bertz CT molecular complexity index is 336. The molecule has 0 amide bonds. The molecule has 64 valence electrons. The average molecular weight is 163 g/mol. The van der Waals surface area contributed by atoms with E-state index in [2.05, 4.69) is 18.5 Å². The minimum absolute atomic E-state index is 0.320. The number of ketones is 1. The molecule has 1 heterocycles. The second-order valence-corrected chi connectivity index (χ2v) is 3.33. The quantitative estimate of drug-likeness (QED) is 0.617. The summed E-state index contributed by atoms with van der Waals surface area (Å²) in [6, 6.07) is 2.05. The lowest BCUT2D eigenvalue weighted by atomic mass is 10.2. The Balaban J connectivity index is 2.57. The SMILES string of the molecule is CCc1cc2c(n1C)CCC2=O. The number of rotatable bonds is 1. The fourth-order valence-electron chi connectivity index (χ4n) is 1.95. The van der Waals surface area contributed by atoms with Crippen molar-refractivity contribution >= 4 is 5.78 Å². The molecule has 2 heteroatoms. The van der Waals surface area contributed by atoms with Crippen LogP contribution in [0.3, 0.4) is 0 Å². The summed E-state index contributed by atoms with van der Waals surface area (Å²) in [5, 5.41) is 0. The molecule has 0 fully saturated rings. The van der Waals surface area contributed by atoms with Crippen LogP contribution in [0.4, 0.5) is 0 Å². The third kappa shape index (κ3) is 0.840. The van der Waals surface area contributed by atoms with Gasteiger partial charge in [-0.2, -0.15) is 0 Å². The fraction of sp³-hybridized carbons (Fsp3) is 0.500. The van der Waals surface area contributed by atoms with Gasteiger partial charge < -0.3 is 4.57 Å². The van der Waals surface area contributed by atoms with Crippen molar-refractivity contribution in [1.82, 2.24) is 4.57 Å². The van der Waals surface area contributed by atoms with E-state index < -0.39 is 0 Å². The number of aromatic nitrogens is 1. The van der Waals surface area contributed by atoms with Gasteiger partial charge in [-0.3, -0.25) is 4.79 Å². The van der Waals surface area contributed by atoms with E-state index in [1.165, 1.54) is 11.4 Å². The number of carbonyl (C=O) groups is 1. The van der Waals surface area contributed by atoms with Crippen LogP contribution in [0.2, 0.25) is 0 Å². The molecule has 0 unspecified atom stereocenters. The molecule has 0 aliphatic heterocycles. The highest BCUT2D eigenvalue weighted by Gasteiger charge is 2.23. The van der Waals surface area contributed by atoms with Gasteiger partial charge in [0.15, 0.2) is 5.78 Å². The maximum Gasteiger partial charge on any atom is 0.165 e. The molecule has 0 bridgehead atoms. The summed E-state index contributed by atoms with van der Waals surface area (Å²) in [7, 11) is 2.05. The molecule has 0 aromatic carbocycles. The van der Waals surface area contributed by atoms with Crippen LogP contribution in [0.5, 0.6) is 0 Å². The first-order chi connectivity index (χ1) is 5.74. The molecule has 1 aromatic heterocycles. The van der Waals surface area contributed by atoms with E-state index in [1.807, 2.05) is 6.07 Å². The molecule has 1 aromatic rings.